The highest BCUT2D eigenvalue weighted by atomic mass is 32.2. The van der Waals surface area contributed by atoms with Crippen molar-refractivity contribution in [1.29, 1.82) is 0 Å². The summed E-state index contributed by atoms with van der Waals surface area (Å²) in [6.45, 7) is 0. The zero-order chi connectivity index (χ0) is 19.8. The predicted octanol–water partition coefficient (Wildman–Crippen LogP) is 2.28. The third kappa shape index (κ3) is 3.83. The fraction of sp³-hybridized carbons (Fsp3) is 0.118. The third-order valence-corrected chi connectivity index (χ3v) is 4.48. The van der Waals surface area contributed by atoms with E-state index in [1.54, 1.807) is 18.2 Å². The van der Waals surface area contributed by atoms with Gasteiger partial charge >= 0.3 is 10.1 Å². The van der Waals surface area contributed by atoms with E-state index in [1.807, 2.05) is 0 Å². The van der Waals surface area contributed by atoms with E-state index >= 15 is 0 Å². The van der Waals surface area contributed by atoms with Crippen molar-refractivity contribution in [2.75, 3.05) is 0 Å². The van der Waals surface area contributed by atoms with Gasteiger partial charge in [0.15, 0.2) is 6.08 Å². The lowest BCUT2D eigenvalue weighted by atomic mass is 10.1. The Morgan fingerprint density at radius 3 is 2.38 bits per heavy atom. The van der Waals surface area contributed by atoms with Crippen LogP contribution in [-0.2, 0) is 29.6 Å². The molecule has 2 N–H and O–H groups in total. The fourth-order valence-corrected chi connectivity index (χ4v) is 3.38. The van der Waals surface area contributed by atoms with E-state index in [9.17, 15) is 22.0 Å². The fourth-order valence-electron chi connectivity index (χ4n) is 2.31. The van der Waals surface area contributed by atoms with Gasteiger partial charge in [0.05, 0.1) is 1.37 Å². The Morgan fingerprint density at radius 1 is 1.15 bits per heavy atom. The van der Waals surface area contributed by atoms with Crippen LogP contribution in [0.3, 0.4) is 0 Å². The summed E-state index contributed by atoms with van der Waals surface area (Å²) in [5, 5.41) is 0. The van der Waals surface area contributed by atoms with Crippen LogP contribution in [0.15, 0.2) is 60.2 Å². The van der Waals surface area contributed by atoms with Gasteiger partial charge in [0.1, 0.15) is 17.4 Å². The summed E-state index contributed by atoms with van der Waals surface area (Å²) >= 11 is 0. The largest absolute Gasteiger partial charge is 0.460 e. The number of halogens is 2. The molecule has 1 aliphatic heterocycles. The van der Waals surface area contributed by atoms with Crippen molar-refractivity contribution in [2.45, 2.75) is 11.8 Å². The first-order valence-corrected chi connectivity index (χ1v) is 8.85. The van der Waals surface area contributed by atoms with Crippen LogP contribution in [0.1, 0.15) is 18.6 Å². The van der Waals surface area contributed by atoms with Crippen LogP contribution in [0, 0.1) is 11.6 Å². The maximum Gasteiger partial charge on any atom is 0.313 e. The van der Waals surface area contributed by atoms with Gasteiger partial charge in [0.25, 0.3) is 0 Å². The molecule has 136 valence electrons. The molecule has 0 radical (unpaired) electrons. The van der Waals surface area contributed by atoms with Crippen molar-refractivity contribution in [3.8, 4) is 0 Å². The maximum absolute atomic E-state index is 13.4. The van der Waals surface area contributed by atoms with Crippen molar-refractivity contribution >= 4 is 15.9 Å². The molecule has 1 atom stereocenters. The van der Waals surface area contributed by atoms with E-state index in [4.69, 9.17) is 16.0 Å². The van der Waals surface area contributed by atoms with Gasteiger partial charge < -0.3 is 14.7 Å². The second-order valence-electron chi connectivity index (χ2n) is 5.38. The second-order valence-corrected chi connectivity index (χ2v) is 6.95. The van der Waals surface area contributed by atoms with Crippen molar-refractivity contribution < 1.29 is 32.3 Å². The molecule has 1 unspecified atom stereocenters. The zero-order valence-corrected chi connectivity index (χ0v) is 13.9. The van der Waals surface area contributed by atoms with Crippen LogP contribution in [0.25, 0.3) is 0 Å². The molecule has 0 aromatic heterocycles. The minimum atomic E-state index is -4.30. The number of ketones is 1. The molecule has 26 heavy (non-hydrogen) atoms. The number of carbonyl (C=O) groups is 1. The number of Topliss-reactive ketones (excluding diaryl/α,β-unsaturated/α-hetero) is 1. The van der Waals surface area contributed by atoms with Gasteiger partial charge in [0.2, 0.25) is 17.4 Å². The van der Waals surface area contributed by atoms with Gasteiger partial charge in [-0.15, -0.1) is 0 Å². The van der Waals surface area contributed by atoms with E-state index in [2.05, 4.69) is 0 Å². The first-order chi connectivity index (χ1) is 12.6. The highest BCUT2D eigenvalue weighted by Gasteiger charge is 2.39. The number of ether oxygens (including phenoxy) is 1. The highest BCUT2D eigenvalue weighted by molar-refractivity contribution is 7.86. The van der Waals surface area contributed by atoms with Crippen molar-refractivity contribution in [2.24, 2.45) is 5.73 Å². The monoisotopic (exact) mass is 382 g/mol. The number of nitrogens with two attached hydrogens (primary N) is 1. The van der Waals surface area contributed by atoms with Crippen LogP contribution in [0.2, 0.25) is 0 Å². The minimum Gasteiger partial charge on any atom is -0.460 e. The molecule has 0 spiro atoms. The van der Waals surface area contributed by atoms with Crippen molar-refractivity contribution in [3.05, 3.63) is 82.9 Å². The van der Waals surface area contributed by atoms with Gasteiger partial charge in [-0.1, -0.05) is 30.3 Å². The quantitative estimate of drug-likeness (QED) is 0.797. The maximum atomic E-state index is 13.4. The molecule has 2 aromatic rings. The Balaban J connectivity index is 1.87. The Morgan fingerprint density at radius 2 is 1.77 bits per heavy atom. The average Bonchev–Trinajstić information content (AvgIpc) is 2.78. The molecule has 0 aliphatic carbocycles. The zero-order valence-electron chi connectivity index (χ0n) is 14.1. The Kier molecular flexibility index (Phi) is 4.29. The normalized spacial score (nSPS) is 20.7. The number of rotatable bonds is 5. The van der Waals surface area contributed by atoms with Gasteiger partial charge in [-0.2, -0.15) is 8.42 Å². The lowest BCUT2D eigenvalue weighted by Crippen LogP contribution is -2.16. The third-order valence-electron chi connectivity index (χ3n) is 3.37. The SMILES string of the molecule is [2H]C1(c2cc(F)cc(F)c2)OC(N)=C(OS(=O)(=O)Cc2ccccc2)C1=O. The van der Waals surface area contributed by atoms with Crippen LogP contribution >= 0.6 is 0 Å². The molecular formula is C17H13F2NO5S. The van der Waals surface area contributed by atoms with Crippen molar-refractivity contribution in [3.63, 3.8) is 0 Å². The van der Waals surface area contributed by atoms with E-state index < -0.39 is 56.6 Å². The van der Waals surface area contributed by atoms with Gasteiger partial charge in [-0.25, -0.2) is 8.78 Å². The lowest BCUT2D eigenvalue weighted by Gasteiger charge is -2.10. The van der Waals surface area contributed by atoms with Gasteiger partial charge in [-0.05, 0) is 17.7 Å². The summed E-state index contributed by atoms with van der Waals surface area (Å²) in [5.74, 6) is -5.61. The molecule has 0 saturated heterocycles. The Bertz CT molecular complexity index is 1020. The molecule has 3 rings (SSSR count). The molecule has 0 fully saturated rings. The van der Waals surface area contributed by atoms with E-state index in [-0.39, 0.29) is 0 Å². The Hall–Kier alpha value is -2.94. The lowest BCUT2D eigenvalue weighted by molar-refractivity contribution is -0.123. The summed E-state index contributed by atoms with van der Waals surface area (Å²) in [5.41, 5.74) is 5.40. The summed E-state index contributed by atoms with van der Waals surface area (Å²) in [7, 11) is -4.30. The average molecular weight is 382 g/mol. The topological polar surface area (TPSA) is 95.7 Å². The van der Waals surface area contributed by atoms with Crippen LogP contribution in [0.5, 0.6) is 0 Å². The smallest absolute Gasteiger partial charge is 0.313 e. The van der Waals surface area contributed by atoms with Crippen molar-refractivity contribution in [1.82, 2.24) is 0 Å². The minimum absolute atomic E-state index is 0.396. The first kappa shape index (κ1) is 16.5. The molecule has 1 aliphatic rings. The summed E-state index contributed by atoms with van der Waals surface area (Å²) < 4.78 is 69.0. The summed E-state index contributed by atoms with van der Waals surface area (Å²) in [6, 6.07) is 9.98. The molecule has 0 saturated carbocycles. The number of hydrogen-bond donors (Lipinski definition) is 1. The molecule has 9 heteroatoms. The van der Waals surface area contributed by atoms with Crippen LogP contribution < -0.4 is 5.73 Å². The molecule has 6 nitrogen and oxygen atoms in total. The number of benzene rings is 2. The highest BCUT2D eigenvalue weighted by Crippen LogP contribution is 2.33. The number of hydrogen-bond acceptors (Lipinski definition) is 6. The standard InChI is InChI=1S/C17H13F2NO5S/c18-12-6-11(7-13(19)8-12)15-14(21)16(17(20)24-15)25-26(22,23)9-10-4-2-1-3-5-10/h1-8,15H,9,20H2/i15D. The van der Waals surface area contributed by atoms with E-state index in [0.29, 0.717) is 23.8 Å². The van der Waals surface area contributed by atoms with E-state index in [0.717, 1.165) is 0 Å². The second kappa shape index (κ2) is 6.75. The number of carbonyl (C=O) groups excluding carboxylic acids is 1. The van der Waals surface area contributed by atoms with Crippen LogP contribution in [0.4, 0.5) is 8.78 Å². The molecule has 1 heterocycles. The molecule has 0 amide bonds. The molecule has 2 aromatic carbocycles. The molecule has 0 bridgehead atoms. The van der Waals surface area contributed by atoms with Gasteiger partial charge in [-0.3, -0.25) is 4.79 Å². The Labute approximate surface area is 149 Å². The summed E-state index contributed by atoms with van der Waals surface area (Å²) in [4.78, 5) is 12.5. The summed E-state index contributed by atoms with van der Waals surface area (Å²) in [6.07, 6.45) is -2.66. The van der Waals surface area contributed by atoms with Gasteiger partial charge in [0, 0.05) is 11.6 Å². The first-order valence-electron chi connectivity index (χ1n) is 7.77. The van der Waals surface area contributed by atoms with Crippen LogP contribution in [-0.4, -0.2) is 14.2 Å². The predicted molar refractivity (Wildman–Crippen MR) is 86.6 cm³/mol. The molecular weight excluding hydrogens is 368 g/mol. The van der Waals surface area contributed by atoms with E-state index in [1.165, 1.54) is 12.1 Å².